The van der Waals surface area contributed by atoms with Gasteiger partial charge in [0.05, 0.1) is 13.0 Å². The quantitative estimate of drug-likeness (QED) is 0.791. The highest BCUT2D eigenvalue weighted by molar-refractivity contribution is 7.15. The van der Waals surface area contributed by atoms with Crippen LogP contribution in [-0.2, 0) is 5.88 Å². The lowest BCUT2D eigenvalue weighted by Gasteiger charge is -2.00. The van der Waals surface area contributed by atoms with E-state index in [1.165, 1.54) is 0 Å². The maximum atomic E-state index is 5.73. The predicted molar refractivity (Wildman–Crippen MR) is 70.9 cm³/mol. The van der Waals surface area contributed by atoms with Crippen molar-refractivity contribution in [1.29, 1.82) is 0 Å². The van der Waals surface area contributed by atoms with E-state index in [0.29, 0.717) is 5.88 Å². The maximum absolute atomic E-state index is 5.73. The van der Waals surface area contributed by atoms with Crippen molar-refractivity contribution >= 4 is 35.3 Å². The van der Waals surface area contributed by atoms with Gasteiger partial charge in [0.2, 0.25) is 0 Å². The number of ether oxygens (including phenoxy) is 1. The van der Waals surface area contributed by atoms with Gasteiger partial charge >= 0.3 is 0 Å². The zero-order chi connectivity index (χ0) is 10.7. The maximum Gasteiger partial charge on any atom is 0.123 e. The zero-order valence-corrected chi connectivity index (χ0v) is 11.0. The molecule has 0 atom stereocenters. The molecule has 86 valence electrons. The average Bonchev–Trinajstić information content (AvgIpc) is 2.78. The van der Waals surface area contributed by atoms with Crippen molar-refractivity contribution in [1.82, 2.24) is 4.98 Å². The smallest absolute Gasteiger partial charge is 0.123 e. The second-order valence-corrected chi connectivity index (χ2v) is 4.38. The van der Waals surface area contributed by atoms with Gasteiger partial charge in [0.1, 0.15) is 10.8 Å². The third kappa shape index (κ3) is 2.88. The standard InChI is InChI=1S/C11H10ClNOS.ClH/c1-14-9-4-2-3-8(5-9)11-13-7-10(6-12)15-11;/h2-5,7H,6H2,1H3;1H. The number of halogens is 2. The van der Waals surface area contributed by atoms with Crippen molar-refractivity contribution in [3.63, 3.8) is 0 Å². The van der Waals surface area contributed by atoms with Gasteiger partial charge in [-0.05, 0) is 12.1 Å². The molecule has 1 aromatic carbocycles. The minimum Gasteiger partial charge on any atom is -0.497 e. The number of thiazole rings is 1. The predicted octanol–water partition coefficient (Wildman–Crippen LogP) is 3.98. The lowest BCUT2D eigenvalue weighted by atomic mass is 10.2. The number of hydrogen-bond donors (Lipinski definition) is 0. The summed E-state index contributed by atoms with van der Waals surface area (Å²) in [5.41, 5.74) is 1.07. The molecule has 16 heavy (non-hydrogen) atoms. The van der Waals surface area contributed by atoms with Crippen LogP contribution in [0.15, 0.2) is 30.5 Å². The van der Waals surface area contributed by atoms with Crippen LogP contribution in [0.4, 0.5) is 0 Å². The van der Waals surface area contributed by atoms with Gasteiger partial charge in [-0.3, -0.25) is 0 Å². The zero-order valence-electron chi connectivity index (χ0n) is 8.64. The molecule has 1 aromatic heterocycles. The Kier molecular flexibility index (Phi) is 5.06. The first kappa shape index (κ1) is 13.3. The molecule has 0 aliphatic rings. The molecule has 2 rings (SSSR count). The Morgan fingerprint density at radius 3 is 2.88 bits per heavy atom. The Morgan fingerprint density at radius 1 is 1.44 bits per heavy atom. The summed E-state index contributed by atoms with van der Waals surface area (Å²) in [6, 6.07) is 7.85. The summed E-state index contributed by atoms with van der Waals surface area (Å²) >= 11 is 7.34. The molecule has 0 unspecified atom stereocenters. The first-order valence-corrected chi connectivity index (χ1v) is 5.83. The monoisotopic (exact) mass is 275 g/mol. The van der Waals surface area contributed by atoms with Gasteiger partial charge in [0, 0.05) is 16.6 Å². The summed E-state index contributed by atoms with van der Waals surface area (Å²) in [4.78, 5) is 5.39. The molecule has 0 spiro atoms. The number of benzene rings is 1. The number of methoxy groups -OCH3 is 1. The number of nitrogens with zero attached hydrogens (tertiary/aromatic N) is 1. The molecule has 2 nitrogen and oxygen atoms in total. The van der Waals surface area contributed by atoms with Crippen molar-refractivity contribution < 1.29 is 4.74 Å². The normalized spacial score (nSPS) is 9.62. The van der Waals surface area contributed by atoms with Crippen molar-refractivity contribution in [3.05, 3.63) is 35.3 Å². The molecule has 0 aliphatic heterocycles. The minimum absolute atomic E-state index is 0. The van der Waals surface area contributed by atoms with Crippen LogP contribution in [0.2, 0.25) is 0 Å². The van der Waals surface area contributed by atoms with Crippen LogP contribution in [-0.4, -0.2) is 12.1 Å². The highest BCUT2D eigenvalue weighted by Crippen LogP contribution is 2.28. The van der Waals surface area contributed by atoms with Gasteiger partial charge in [0.25, 0.3) is 0 Å². The summed E-state index contributed by atoms with van der Waals surface area (Å²) in [5, 5.41) is 0.976. The van der Waals surface area contributed by atoms with Crippen LogP contribution < -0.4 is 4.74 Å². The van der Waals surface area contributed by atoms with E-state index in [9.17, 15) is 0 Å². The van der Waals surface area contributed by atoms with Crippen molar-refractivity contribution in [2.75, 3.05) is 7.11 Å². The van der Waals surface area contributed by atoms with E-state index in [2.05, 4.69) is 4.98 Å². The molecule has 0 saturated carbocycles. The molecule has 2 aromatic rings. The second kappa shape index (κ2) is 6.09. The Morgan fingerprint density at radius 2 is 2.25 bits per heavy atom. The summed E-state index contributed by atoms with van der Waals surface area (Å²) in [5.74, 6) is 1.36. The molecule has 0 amide bonds. The molecule has 5 heteroatoms. The van der Waals surface area contributed by atoms with E-state index in [1.54, 1.807) is 18.4 Å². The van der Waals surface area contributed by atoms with E-state index < -0.39 is 0 Å². The number of aromatic nitrogens is 1. The van der Waals surface area contributed by atoms with Gasteiger partial charge in [-0.25, -0.2) is 4.98 Å². The number of rotatable bonds is 3. The first-order valence-electron chi connectivity index (χ1n) is 4.48. The molecule has 0 fully saturated rings. The van der Waals surface area contributed by atoms with Crippen molar-refractivity contribution in [3.8, 4) is 16.3 Å². The second-order valence-electron chi connectivity index (χ2n) is 3.00. The van der Waals surface area contributed by atoms with Crippen molar-refractivity contribution in [2.45, 2.75) is 5.88 Å². The number of alkyl halides is 1. The summed E-state index contributed by atoms with van der Waals surface area (Å²) < 4.78 is 5.16. The summed E-state index contributed by atoms with van der Waals surface area (Å²) in [7, 11) is 1.66. The van der Waals surface area contributed by atoms with Gasteiger partial charge in [0.15, 0.2) is 0 Å². The SMILES string of the molecule is COc1cccc(-c2ncc(CCl)s2)c1.Cl. The molecular formula is C11H11Cl2NOS. The van der Waals surface area contributed by atoms with Crippen LogP contribution in [0.1, 0.15) is 4.88 Å². The van der Waals surface area contributed by atoms with Gasteiger partial charge < -0.3 is 4.74 Å². The fourth-order valence-electron chi connectivity index (χ4n) is 1.26. The van der Waals surface area contributed by atoms with Gasteiger partial charge in [-0.1, -0.05) is 12.1 Å². The van der Waals surface area contributed by atoms with Crippen LogP contribution in [0.25, 0.3) is 10.6 Å². The van der Waals surface area contributed by atoms with E-state index in [1.807, 2.05) is 30.5 Å². The van der Waals surface area contributed by atoms with Gasteiger partial charge in [-0.15, -0.1) is 35.3 Å². The summed E-state index contributed by atoms with van der Waals surface area (Å²) in [6.07, 6.45) is 1.81. The third-order valence-electron chi connectivity index (χ3n) is 2.00. The van der Waals surface area contributed by atoms with E-state index in [0.717, 1.165) is 21.2 Å². The van der Waals surface area contributed by atoms with Crippen LogP contribution >= 0.6 is 35.3 Å². The first-order chi connectivity index (χ1) is 7.33. The van der Waals surface area contributed by atoms with E-state index >= 15 is 0 Å². The van der Waals surface area contributed by atoms with E-state index in [4.69, 9.17) is 16.3 Å². The van der Waals surface area contributed by atoms with Crippen LogP contribution in [0, 0.1) is 0 Å². The fraction of sp³-hybridized carbons (Fsp3) is 0.182. The molecule has 0 saturated heterocycles. The van der Waals surface area contributed by atoms with Crippen LogP contribution in [0.5, 0.6) is 5.75 Å². The minimum atomic E-state index is 0. The Bertz CT molecular complexity index is 459. The Hall–Kier alpha value is -0.770. The fourth-order valence-corrected chi connectivity index (χ4v) is 2.25. The molecule has 0 bridgehead atoms. The highest BCUT2D eigenvalue weighted by Gasteiger charge is 2.04. The largest absolute Gasteiger partial charge is 0.497 e. The molecule has 0 N–H and O–H groups in total. The number of hydrogen-bond acceptors (Lipinski definition) is 3. The topological polar surface area (TPSA) is 22.1 Å². The Balaban J connectivity index is 0.00000128. The molecular weight excluding hydrogens is 265 g/mol. The third-order valence-corrected chi connectivity index (χ3v) is 3.49. The lowest BCUT2D eigenvalue weighted by molar-refractivity contribution is 0.415. The van der Waals surface area contributed by atoms with Crippen molar-refractivity contribution in [2.24, 2.45) is 0 Å². The average molecular weight is 276 g/mol. The lowest BCUT2D eigenvalue weighted by Crippen LogP contribution is -1.82. The molecule has 0 radical (unpaired) electrons. The summed E-state index contributed by atoms with van der Waals surface area (Å²) in [6.45, 7) is 0. The molecule has 1 heterocycles. The van der Waals surface area contributed by atoms with Crippen LogP contribution in [0.3, 0.4) is 0 Å². The highest BCUT2D eigenvalue weighted by atomic mass is 35.5. The molecule has 0 aliphatic carbocycles. The van der Waals surface area contributed by atoms with E-state index in [-0.39, 0.29) is 12.4 Å². The Labute approximate surface area is 110 Å². The van der Waals surface area contributed by atoms with Gasteiger partial charge in [-0.2, -0.15) is 0 Å².